The van der Waals surface area contributed by atoms with Gasteiger partial charge < -0.3 is 9.88 Å². The average molecular weight is 361 g/mol. The lowest BCUT2D eigenvalue weighted by Gasteiger charge is -2.36. The molecule has 2 aromatic rings. The number of para-hydroxylation sites is 1. The van der Waals surface area contributed by atoms with Gasteiger partial charge in [0.1, 0.15) is 4.32 Å². The Kier molecular flexibility index (Phi) is 5.30. The molecule has 24 heavy (non-hydrogen) atoms. The zero-order valence-electron chi connectivity index (χ0n) is 14.5. The molecule has 1 saturated heterocycles. The molecule has 128 valence electrons. The first kappa shape index (κ1) is 17.5. The lowest BCUT2D eigenvalue weighted by Crippen LogP contribution is -2.40. The Bertz CT molecular complexity index is 758. The molecule has 1 N–H and O–H groups in total. The smallest absolute Gasteiger partial charge is 0.175 e. The molecule has 5 heteroatoms. The minimum absolute atomic E-state index is 0.149. The van der Waals surface area contributed by atoms with Gasteiger partial charge in [-0.05, 0) is 31.2 Å². The number of carbonyl (C=O) groups is 1. The summed E-state index contributed by atoms with van der Waals surface area (Å²) in [6, 6.07) is 7.96. The Hall–Kier alpha value is -1.33. The van der Waals surface area contributed by atoms with Crippen LogP contribution in [0.25, 0.3) is 10.9 Å². The summed E-state index contributed by atoms with van der Waals surface area (Å²) in [5, 5.41) is 1.01. The van der Waals surface area contributed by atoms with E-state index in [4.69, 9.17) is 12.2 Å². The zero-order valence-corrected chi connectivity index (χ0v) is 16.1. The van der Waals surface area contributed by atoms with Crippen molar-refractivity contribution in [2.45, 2.75) is 27.2 Å². The Labute approximate surface area is 153 Å². The van der Waals surface area contributed by atoms with Crippen LogP contribution in [-0.2, 0) is 0 Å². The molecule has 0 radical (unpaired) electrons. The Morgan fingerprint density at radius 2 is 1.96 bits per heavy atom. The largest absolute Gasteiger partial charge is 0.358 e. The van der Waals surface area contributed by atoms with Gasteiger partial charge in [-0.3, -0.25) is 4.79 Å². The number of hydrogen-bond acceptors (Lipinski definition) is 3. The number of H-pyrrole nitrogens is 1. The van der Waals surface area contributed by atoms with E-state index in [0.29, 0.717) is 17.6 Å². The van der Waals surface area contributed by atoms with Gasteiger partial charge in [-0.15, -0.1) is 0 Å². The number of carbonyl (C=O) groups excluding carboxylic acids is 1. The number of nitrogens with one attached hydrogen (secondary N) is 1. The predicted molar refractivity (Wildman–Crippen MR) is 107 cm³/mol. The molecular weight excluding hydrogens is 336 g/mol. The van der Waals surface area contributed by atoms with E-state index in [9.17, 15) is 4.79 Å². The number of aromatic amines is 1. The second-order valence-electron chi connectivity index (χ2n) is 7.00. The number of hydrogen-bond donors (Lipinski definition) is 1. The van der Waals surface area contributed by atoms with E-state index in [-0.39, 0.29) is 5.78 Å². The number of fused-ring (bicyclic) bond motifs is 1. The van der Waals surface area contributed by atoms with E-state index in [1.807, 2.05) is 31.2 Å². The van der Waals surface area contributed by atoms with Crippen LogP contribution in [0.5, 0.6) is 0 Å². The first-order valence-electron chi connectivity index (χ1n) is 8.48. The maximum Gasteiger partial charge on any atom is 0.175 e. The highest BCUT2D eigenvalue weighted by Gasteiger charge is 2.24. The van der Waals surface area contributed by atoms with Crippen LogP contribution in [0, 0.1) is 18.8 Å². The summed E-state index contributed by atoms with van der Waals surface area (Å²) in [5.41, 5.74) is 2.76. The summed E-state index contributed by atoms with van der Waals surface area (Å²) in [6.45, 7) is 8.53. The molecule has 2 heterocycles. The molecule has 1 aromatic heterocycles. The van der Waals surface area contributed by atoms with Crippen LogP contribution in [0.15, 0.2) is 24.3 Å². The van der Waals surface area contributed by atoms with Gasteiger partial charge >= 0.3 is 0 Å². The van der Waals surface area contributed by atoms with Crippen molar-refractivity contribution in [1.29, 1.82) is 0 Å². The van der Waals surface area contributed by atoms with Crippen molar-refractivity contribution < 1.29 is 4.79 Å². The predicted octanol–water partition coefficient (Wildman–Crippen LogP) is 4.66. The molecule has 1 aliphatic rings. The van der Waals surface area contributed by atoms with Crippen LogP contribution >= 0.6 is 24.0 Å². The van der Waals surface area contributed by atoms with Crippen molar-refractivity contribution in [1.82, 2.24) is 9.88 Å². The lowest BCUT2D eigenvalue weighted by molar-refractivity contribution is 0.102. The Morgan fingerprint density at radius 3 is 2.67 bits per heavy atom. The maximum atomic E-state index is 12.7. The van der Waals surface area contributed by atoms with Gasteiger partial charge in [0, 0.05) is 35.2 Å². The van der Waals surface area contributed by atoms with Crippen LogP contribution in [0.2, 0.25) is 0 Å². The first-order valence-corrected chi connectivity index (χ1v) is 9.87. The first-order chi connectivity index (χ1) is 11.5. The number of rotatable bonds is 3. The molecule has 1 aliphatic heterocycles. The minimum Gasteiger partial charge on any atom is -0.358 e. The van der Waals surface area contributed by atoms with Gasteiger partial charge in [-0.1, -0.05) is 56.0 Å². The third-order valence-corrected chi connectivity index (χ3v) is 6.15. The molecule has 0 amide bonds. The second-order valence-corrected chi connectivity index (χ2v) is 8.61. The molecule has 0 bridgehead atoms. The fraction of sp³-hybridized carbons (Fsp3) is 0.474. The third kappa shape index (κ3) is 3.67. The van der Waals surface area contributed by atoms with Crippen LogP contribution < -0.4 is 0 Å². The van der Waals surface area contributed by atoms with Crippen molar-refractivity contribution in [3.8, 4) is 0 Å². The van der Waals surface area contributed by atoms with E-state index in [2.05, 4.69) is 23.7 Å². The third-order valence-electron chi connectivity index (χ3n) is 4.63. The quantitative estimate of drug-likeness (QED) is 0.638. The molecule has 1 aromatic carbocycles. The van der Waals surface area contributed by atoms with Crippen LogP contribution in [-0.4, -0.2) is 38.8 Å². The van der Waals surface area contributed by atoms with E-state index < -0.39 is 0 Å². The summed E-state index contributed by atoms with van der Waals surface area (Å²) in [4.78, 5) is 18.3. The number of nitrogens with zero attached hydrogens (tertiary/aromatic N) is 1. The fourth-order valence-electron chi connectivity index (χ4n) is 3.74. The van der Waals surface area contributed by atoms with E-state index in [0.717, 1.165) is 39.6 Å². The standard InChI is InChI=1S/C19H24N2OS2/c1-12-8-13(2)10-21(9-12)19(23)24-11-17(22)18-14(3)20-16-7-5-4-6-15(16)18/h4-7,12-13,20H,8-11H2,1-3H3/t12-,13+. The second kappa shape index (κ2) is 7.28. The normalized spacial score (nSPS) is 21.2. The molecular formula is C19H24N2OS2. The van der Waals surface area contributed by atoms with E-state index in [1.165, 1.54) is 18.2 Å². The van der Waals surface area contributed by atoms with Crippen molar-refractivity contribution in [3.05, 3.63) is 35.5 Å². The number of Topliss-reactive ketones (excluding diaryl/α,β-unsaturated/α-hetero) is 1. The number of aryl methyl sites for hydroxylation is 1. The van der Waals surface area contributed by atoms with Gasteiger partial charge in [0.15, 0.2) is 5.78 Å². The number of thioether (sulfide) groups is 1. The molecule has 0 saturated carbocycles. The zero-order chi connectivity index (χ0) is 17.3. The van der Waals surface area contributed by atoms with Gasteiger partial charge in [0.25, 0.3) is 0 Å². The lowest BCUT2D eigenvalue weighted by atomic mass is 9.92. The molecule has 1 fully saturated rings. The van der Waals surface area contributed by atoms with Crippen LogP contribution in [0.4, 0.5) is 0 Å². The number of aromatic nitrogens is 1. The SMILES string of the molecule is Cc1[nH]c2ccccc2c1C(=O)CSC(=S)N1C[C@H](C)C[C@H](C)C1. The molecule has 2 atom stereocenters. The van der Waals surface area contributed by atoms with Gasteiger partial charge in [-0.25, -0.2) is 0 Å². The summed E-state index contributed by atoms with van der Waals surface area (Å²) < 4.78 is 0.860. The highest BCUT2D eigenvalue weighted by molar-refractivity contribution is 8.23. The molecule has 0 aliphatic carbocycles. The minimum atomic E-state index is 0.149. The number of piperidine rings is 1. The average Bonchev–Trinajstić information content (AvgIpc) is 2.87. The monoisotopic (exact) mass is 360 g/mol. The van der Waals surface area contributed by atoms with Crippen LogP contribution in [0.3, 0.4) is 0 Å². The van der Waals surface area contributed by atoms with E-state index >= 15 is 0 Å². The Morgan fingerprint density at radius 1 is 1.29 bits per heavy atom. The topological polar surface area (TPSA) is 36.1 Å². The molecule has 0 unspecified atom stereocenters. The summed E-state index contributed by atoms with van der Waals surface area (Å²) in [6.07, 6.45) is 1.26. The van der Waals surface area contributed by atoms with Crippen molar-refractivity contribution in [2.24, 2.45) is 11.8 Å². The molecule has 3 nitrogen and oxygen atoms in total. The van der Waals surface area contributed by atoms with Crippen LogP contribution in [0.1, 0.15) is 36.3 Å². The number of benzene rings is 1. The van der Waals surface area contributed by atoms with Gasteiger partial charge in [0.05, 0.1) is 5.75 Å². The van der Waals surface area contributed by atoms with Gasteiger partial charge in [-0.2, -0.15) is 0 Å². The van der Waals surface area contributed by atoms with E-state index in [1.54, 1.807) is 0 Å². The van der Waals surface area contributed by atoms with Crippen molar-refractivity contribution in [3.63, 3.8) is 0 Å². The number of ketones is 1. The summed E-state index contributed by atoms with van der Waals surface area (Å²) >= 11 is 7.09. The maximum absolute atomic E-state index is 12.7. The van der Waals surface area contributed by atoms with Crippen molar-refractivity contribution in [2.75, 3.05) is 18.8 Å². The van der Waals surface area contributed by atoms with Gasteiger partial charge in [0.2, 0.25) is 0 Å². The number of thiocarbonyl (C=S) groups is 1. The molecule has 3 rings (SSSR count). The fourth-order valence-corrected chi connectivity index (χ4v) is 4.80. The highest BCUT2D eigenvalue weighted by Crippen LogP contribution is 2.26. The highest BCUT2D eigenvalue weighted by atomic mass is 32.2. The van der Waals surface area contributed by atoms with Crippen molar-refractivity contribution >= 4 is 45.0 Å². The number of likely N-dealkylation sites (tertiary alicyclic amines) is 1. The summed E-state index contributed by atoms with van der Waals surface area (Å²) in [5.74, 6) is 1.88. The Balaban J connectivity index is 1.67. The summed E-state index contributed by atoms with van der Waals surface area (Å²) in [7, 11) is 0. The molecule has 0 spiro atoms.